The zero-order valence-electron chi connectivity index (χ0n) is 18.5. The Kier molecular flexibility index (Phi) is 5.56. The number of nitrogens with zero attached hydrogens (tertiary/aromatic N) is 2. The maximum absolute atomic E-state index is 13.1. The molecule has 3 aromatic rings. The number of nitrogens with one attached hydrogen (secondary N) is 1. The number of benzene rings is 1. The number of carbonyl (C=O) groups is 1. The van der Waals surface area contributed by atoms with Crippen LogP contribution in [0, 0.1) is 17.8 Å². The predicted molar refractivity (Wildman–Crippen MR) is 129 cm³/mol. The molecule has 0 radical (unpaired) electrons. The molecule has 10 heteroatoms. The summed E-state index contributed by atoms with van der Waals surface area (Å²) in [6.07, 6.45) is 2.73. The first-order valence-electron chi connectivity index (χ1n) is 11.6. The minimum atomic E-state index is -4.50. The number of anilines is 1. The molecule has 3 aliphatic rings. The molecule has 0 spiro atoms. The Balaban J connectivity index is 1.32. The van der Waals surface area contributed by atoms with Gasteiger partial charge in [-0.15, -0.1) is 11.8 Å². The van der Waals surface area contributed by atoms with Crippen LogP contribution in [-0.4, -0.2) is 20.7 Å². The fourth-order valence-corrected chi connectivity index (χ4v) is 9.29. The van der Waals surface area contributed by atoms with Gasteiger partial charge >= 0.3 is 11.0 Å². The van der Waals surface area contributed by atoms with E-state index >= 15 is 0 Å². The number of pyridine rings is 1. The first-order chi connectivity index (χ1) is 16.8. The average Bonchev–Trinajstić information content (AvgIpc) is 3.52. The number of carbonyl (C=O) groups excluding carboxylic acids is 1. The van der Waals surface area contributed by atoms with Gasteiger partial charge in [0.1, 0.15) is 6.54 Å². The molecule has 5 atom stereocenters. The lowest BCUT2D eigenvalue weighted by molar-refractivity contribution is -0.137. The standard InChI is InChI=1S/C25H22F3N3O2S2/c26-25(27,28)16-4-1-5-17(10-16)30-18(32)12-31-23-22(35-24(31)33)20(15-3-2-8-29-11-15)19-13-6-7-14(9-13)21(19)34-23/h1-5,8,10-11,13-14,19-21H,6-7,9,12H2,(H,30,32). The summed E-state index contributed by atoms with van der Waals surface area (Å²) in [5, 5.41) is 3.74. The molecule has 2 saturated carbocycles. The average molecular weight is 518 g/mol. The minimum Gasteiger partial charge on any atom is -0.325 e. The van der Waals surface area contributed by atoms with Crippen LogP contribution in [0.15, 0.2) is 58.6 Å². The van der Waals surface area contributed by atoms with E-state index in [1.54, 1.807) is 18.0 Å². The van der Waals surface area contributed by atoms with E-state index in [1.807, 2.05) is 12.3 Å². The second-order valence-corrected chi connectivity index (χ2v) is 11.7. The molecule has 0 saturated heterocycles. The largest absolute Gasteiger partial charge is 0.416 e. The molecule has 1 N–H and O–H groups in total. The van der Waals surface area contributed by atoms with E-state index in [0.29, 0.717) is 23.0 Å². The number of rotatable bonds is 4. The molecule has 5 unspecified atom stereocenters. The first kappa shape index (κ1) is 22.8. The molecule has 1 amide bonds. The van der Waals surface area contributed by atoms with Crippen LogP contribution in [-0.2, 0) is 17.5 Å². The lowest BCUT2D eigenvalue weighted by Gasteiger charge is -2.40. The minimum absolute atomic E-state index is 0.0519. The summed E-state index contributed by atoms with van der Waals surface area (Å²) < 4.78 is 40.6. The summed E-state index contributed by atoms with van der Waals surface area (Å²) in [5.74, 6) is 1.22. The van der Waals surface area contributed by atoms with E-state index in [2.05, 4.69) is 16.4 Å². The third-order valence-electron chi connectivity index (χ3n) is 7.51. The van der Waals surface area contributed by atoms with Gasteiger partial charge in [-0.1, -0.05) is 23.5 Å². The number of thioether (sulfide) groups is 1. The van der Waals surface area contributed by atoms with E-state index in [-0.39, 0.29) is 23.0 Å². The summed E-state index contributed by atoms with van der Waals surface area (Å²) in [6.45, 7) is -0.237. The number of fused-ring (bicyclic) bond motifs is 6. The van der Waals surface area contributed by atoms with Crippen molar-refractivity contribution in [3.05, 3.63) is 74.5 Å². The molecule has 6 rings (SSSR count). The van der Waals surface area contributed by atoms with Crippen LogP contribution in [0.1, 0.15) is 41.2 Å². The van der Waals surface area contributed by atoms with Crippen molar-refractivity contribution in [1.29, 1.82) is 0 Å². The van der Waals surface area contributed by atoms with Crippen LogP contribution < -0.4 is 10.2 Å². The molecular weight excluding hydrogens is 495 g/mol. The Hall–Kier alpha value is -2.59. The summed E-state index contributed by atoms with van der Waals surface area (Å²) >= 11 is 2.90. The van der Waals surface area contributed by atoms with Crippen molar-refractivity contribution >= 4 is 34.7 Å². The number of thiazole rings is 1. The van der Waals surface area contributed by atoms with Crippen molar-refractivity contribution in [3.63, 3.8) is 0 Å². The molecule has 182 valence electrons. The van der Waals surface area contributed by atoms with Crippen molar-refractivity contribution in [2.45, 2.75) is 48.2 Å². The highest BCUT2D eigenvalue weighted by Gasteiger charge is 2.55. The second kappa shape index (κ2) is 8.51. The van der Waals surface area contributed by atoms with Crippen molar-refractivity contribution in [3.8, 4) is 0 Å². The van der Waals surface area contributed by atoms with E-state index in [4.69, 9.17) is 0 Å². The number of amides is 1. The van der Waals surface area contributed by atoms with Crippen LogP contribution in [0.2, 0.25) is 0 Å². The van der Waals surface area contributed by atoms with Gasteiger partial charge in [0.25, 0.3) is 0 Å². The molecule has 2 aliphatic carbocycles. The van der Waals surface area contributed by atoms with E-state index < -0.39 is 17.6 Å². The SMILES string of the molecule is O=C(Cn1c2c(sc1=O)C(c1cccnc1)C1C3CCC(C3)C1S2)Nc1cccc(C(F)(F)F)c1. The van der Waals surface area contributed by atoms with Crippen molar-refractivity contribution in [2.75, 3.05) is 5.32 Å². The molecule has 3 heterocycles. The van der Waals surface area contributed by atoms with Gasteiger partial charge in [0.15, 0.2) is 0 Å². The Bertz CT molecular complexity index is 1340. The lowest BCUT2D eigenvalue weighted by Crippen LogP contribution is -2.34. The van der Waals surface area contributed by atoms with E-state index in [9.17, 15) is 22.8 Å². The molecule has 35 heavy (non-hydrogen) atoms. The summed E-state index contributed by atoms with van der Waals surface area (Å²) in [7, 11) is 0. The molecule has 2 bridgehead atoms. The highest BCUT2D eigenvalue weighted by Crippen LogP contribution is 2.63. The Morgan fingerprint density at radius 2 is 2.00 bits per heavy atom. The highest BCUT2D eigenvalue weighted by atomic mass is 32.2. The zero-order valence-corrected chi connectivity index (χ0v) is 20.1. The molecule has 2 fully saturated rings. The number of aromatic nitrogens is 2. The van der Waals surface area contributed by atoms with E-state index in [0.717, 1.165) is 27.6 Å². The van der Waals surface area contributed by atoms with Gasteiger partial charge in [-0.05, 0) is 66.8 Å². The van der Waals surface area contributed by atoms with Crippen LogP contribution in [0.4, 0.5) is 18.9 Å². The van der Waals surface area contributed by atoms with Crippen molar-refractivity contribution < 1.29 is 18.0 Å². The second-order valence-electron chi connectivity index (χ2n) is 9.51. The zero-order chi connectivity index (χ0) is 24.3. The number of hydrogen-bond donors (Lipinski definition) is 1. The smallest absolute Gasteiger partial charge is 0.325 e. The summed E-state index contributed by atoms with van der Waals surface area (Å²) in [5.41, 5.74) is 0.312. The van der Waals surface area contributed by atoms with Crippen LogP contribution in [0.5, 0.6) is 0 Å². The fraction of sp³-hybridized carbons (Fsp3) is 0.400. The topological polar surface area (TPSA) is 64.0 Å². The van der Waals surface area contributed by atoms with Gasteiger partial charge in [0.2, 0.25) is 5.91 Å². The lowest BCUT2D eigenvalue weighted by atomic mass is 9.75. The first-order valence-corrected chi connectivity index (χ1v) is 13.3. The van der Waals surface area contributed by atoms with Crippen molar-refractivity contribution in [2.24, 2.45) is 17.8 Å². The maximum atomic E-state index is 13.1. The third-order valence-corrected chi connectivity index (χ3v) is 10.3. The molecule has 1 aliphatic heterocycles. The fourth-order valence-electron chi connectivity index (χ4n) is 6.14. The number of hydrogen-bond acceptors (Lipinski definition) is 5. The van der Waals surface area contributed by atoms with Crippen LogP contribution >= 0.6 is 23.1 Å². The third kappa shape index (κ3) is 4.00. The summed E-state index contributed by atoms with van der Waals surface area (Å²) in [6, 6.07) is 8.50. The van der Waals surface area contributed by atoms with Gasteiger partial charge < -0.3 is 5.32 Å². The van der Waals surface area contributed by atoms with Gasteiger partial charge in [0, 0.05) is 34.1 Å². The Morgan fingerprint density at radius 1 is 1.17 bits per heavy atom. The molecule has 2 aromatic heterocycles. The van der Waals surface area contributed by atoms with Gasteiger partial charge in [-0.25, -0.2) is 0 Å². The molecular formula is C25H22F3N3O2S2. The quantitative estimate of drug-likeness (QED) is 0.488. The number of alkyl halides is 3. The monoisotopic (exact) mass is 517 g/mol. The molecule has 5 nitrogen and oxygen atoms in total. The van der Waals surface area contributed by atoms with Gasteiger partial charge in [-0.2, -0.15) is 13.2 Å². The normalized spacial score (nSPS) is 26.9. The summed E-state index contributed by atoms with van der Waals surface area (Å²) in [4.78, 5) is 31.0. The predicted octanol–water partition coefficient (Wildman–Crippen LogP) is 5.61. The van der Waals surface area contributed by atoms with Gasteiger partial charge in [0.05, 0.1) is 10.6 Å². The number of halogens is 3. The van der Waals surface area contributed by atoms with Crippen LogP contribution in [0.3, 0.4) is 0 Å². The van der Waals surface area contributed by atoms with Crippen LogP contribution in [0.25, 0.3) is 0 Å². The Labute approximate surface area is 207 Å². The molecule has 1 aromatic carbocycles. The van der Waals surface area contributed by atoms with E-state index in [1.165, 1.54) is 47.3 Å². The highest BCUT2D eigenvalue weighted by molar-refractivity contribution is 8.00. The Morgan fingerprint density at radius 3 is 2.77 bits per heavy atom. The van der Waals surface area contributed by atoms with Gasteiger partial charge in [-0.3, -0.25) is 19.1 Å². The maximum Gasteiger partial charge on any atom is 0.416 e. The van der Waals surface area contributed by atoms with Crippen molar-refractivity contribution in [1.82, 2.24) is 9.55 Å².